The van der Waals surface area contributed by atoms with Gasteiger partial charge in [-0.2, -0.15) is 0 Å². The molecule has 1 saturated heterocycles. The van der Waals surface area contributed by atoms with E-state index in [1.807, 2.05) is 30.3 Å². The molecule has 2 aromatic carbocycles. The first-order chi connectivity index (χ1) is 13.2. The normalized spacial score (nSPS) is 15.0. The van der Waals surface area contributed by atoms with E-state index in [0.29, 0.717) is 5.02 Å². The molecule has 0 spiro atoms. The second kappa shape index (κ2) is 6.50. The molecule has 0 N–H and O–H groups in total. The molecule has 3 heterocycles. The van der Waals surface area contributed by atoms with Gasteiger partial charge in [-0.05, 0) is 49.9 Å². The maximum absolute atomic E-state index is 6.23. The van der Waals surface area contributed by atoms with E-state index in [4.69, 9.17) is 16.6 Å². The minimum absolute atomic E-state index is 0.683. The molecule has 1 aliphatic rings. The first kappa shape index (κ1) is 16.5. The summed E-state index contributed by atoms with van der Waals surface area (Å²) in [5.41, 5.74) is 3.95. The van der Waals surface area contributed by atoms with Crippen molar-refractivity contribution in [3.63, 3.8) is 0 Å². The van der Waals surface area contributed by atoms with E-state index < -0.39 is 0 Å². The topological polar surface area (TPSA) is 46.3 Å². The Hall–Kier alpha value is -2.66. The zero-order valence-electron chi connectivity index (χ0n) is 15.2. The SMILES string of the molecule is Cc1ccccc1-c1nnc2c3ccc(Cl)cc3nc(N3CCCCC3)n12. The van der Waals surface area contributed by atoms with Gasteiger partial charge in [0.2, 0.25) is 5.95 Å². The fraction of sp³-hybridized carbons (Fsp3) is 0.286. The van der Waals surface area contributed by atoms with Gasteiger partial charge in [-0.15, -0.1) is 10.2 Å². The summed E-state index contributed by atoms with van der Waals surface area (Å²) in [6.07, 6.45) is 3.63. The maximum Gasteiger partial charge on any atom is 0.213 e. The molecule has 0 atom stereocenters. The Labute approximate surface area is 162 Å². The van der Waals surface area contributed by atoms with Crippen molar-refractivity contribution < 1.29 is 0 Å². The molecular formula is C21H20ClN5. The monoisotopic (exact) mass is 377 g/mol. The molecule has 0 unspecified atom stereocenters. The summed E-state index contributed by atoms with van der Waals surface area (Å²) in [6, 6.07) is 14.1. The summed E-state index contributed by atoms with van der Waals surface area (Å²) in [5.74, 6) is 1.75. The fourth-order valence-electron chi connectivity index (χ4n) is 3.90. The maximum atomic E-state index is 6.23. The fourth-order valence-corrected chi connectivity index (χ4v) is 4.06. The molecule has 136 valence electrons. The molecule has 1 fully saturated rings. The van der Waals surface area contributed by atoms with Crippen LogP contribution in [-0.2, 0) is 0 Å². The Bertz CT molecular complexity index is 1140. The number of aromatic nitrogens is 4. The minimum atomic E-state index is 0.683. The number of anilines is 1. The van der Waals surface area contributed by atoms with E-state index in [-0.39, 0.29) is 0 Å². The quantitative estimate of drug-likeness (QED) is 0.498. The van der Waals surface area contributed by atoms with Crippen LogP contribution in [0.4, 0.5) is 5.95 Å². The second-order valence-electron chi connectivity index (χ2n) is 7.12. The van der Waals surface area contributed by atoms with Gasteiger partial charge in [-0.3, -0.25) is 0 Å². The van der Waals surface area contributed by atoms with Gasteiger partial charge in [0.05, 0.1) is 5.52 Å². The van der Waals surface area contributed by atoms with Gasteiger partial charge in [0.25, 0.3) is 0 Å². The Kier molecular flexibility index (Phi) is 3.97. The summed E-state index contributed by atoms with van der Waals surface area (Å²) < 4.78 is 2.11. The van der Waals surface area contributed by atoms with E-state index in [1.54, 1.807) is 0 Å². The van der Waals surface area contributed by atoms with Crippen molar-refractivity contribution in [1.82, 2.24) is 19.6 Å². The third kappa shape index (κ3) is 2.73. The molecule has 2 aromatic heterocycles. The van der Waals surface area contributed by atoms with E-state index in [2.05, 4.69) is 38.6 Å². The minimum Gasteiger partial charge on any atom is -0.342 e. The first-order valence-corrected chi connectivity index (χ1v) is 9.75. The van der Waals surface area contributed by atoms with Crippen LogP contribution in [-0.4, -0.2) is 32.7 Å². The lowest BCUT2D eigenvalue weighted by Gasteiger charge is -2.28. The van der Waals surface area contributed by atoms with Crippen LogP contribution in [0.5, 0.6) is 0 Å². The van der Waals surface area contributed by atoms with Crippen molar-refractivity contribution in [1.29, 1.82) is 0 Å². The molecule has 0 bridgehead atoms. The number of piperidine rings is 1. The van der Waals surface area contributed by atoms with Gasteiger partial charge in [0.15, 0.2) is 11.5 Å². The van der Waals surface area contributed by atoms with Gasteiger partial charge in [-0.25, -0.2) is 9.38 Å². The molecule has 0 radical (unpaired) electrons. The molecule has 5 rings (SSSR count). The van der Waals surface area contributed by atoms with Crippen LogP contribution >= 0.6 is 11.6 Å². The van der Waals surface area contributed by atoms with E-state index in [0.717, 1.165) is 47.0 Å². The zero-order valence-corrected chi connectivity index (χ0v) is 15.9. The summed E-state index contributed by atoms with van der Waals surface area (Å²) in [7, 11) is 0. The Balaban J connectivity index is 1.85. The van der Waals surface area contributed by atoms with Crippen LogP contribution < -0.4 is 4.90 Å². The van der Waals surface area contributed by atoms with Crippen LogP contribution in [0, 0.1) is 6.92 Å². The van der Waals surface area contributed by atoms with Gasteiger partial charge in [-0.1, -0.05) is 35.9 Å². The van der Waals surface area contributed by atoms with Crippen molar-refractivity contribution in [2.75, 3.05) is 18.0 Å². The summed E-state index contributed by atoms with van der Waals surface area (Å²) in [6.45, 7) is 4.10. The standard InChI is InChI=1S/C21H20ClN5/c1-14-7-3-4-8-16(14)19-24-25-20-17-10-9-15(22)13-18(17)23-21(27(19)20)26-11-5-2-6-12-26/h3-4,7-10,13H,2,5-6,11-12H2,1H3. The predicted octanol–water partition coefficient (Wildman–Crippen LogP) is 4.90. The van der Waals surface area contributed by atoms with Crippen molar-refractivity contribution in [3.05, 3.63) is 53.1 Å². The third-order valence-electron chi connectivity index (χ3n) is 5.31. The molecule has 6 heteroatoms. The van der Waals surface area contributed by atoms with Crippen molar-refractivity contribution in [2.24, 2.45) is 0 Å². The molecule has 0 amide bonds. The highest BCUT2D eigenvalue weighted by atomic mass is 35.5. The highest BCUT2D eigenvalue weighted by Gasteiger charge is 2.22. The van der Waals surface area contributed by atoms with Gasteiger partial charge in [0, 0.05) is 29.1 Å². The Morgan fingerprint density at radius 2 is 1.78 bits per heavy atom. The number of benzene rings is 2. The molecule has 5 nitrogen and oxygen atoms in total. The molecule has 4 aromatic rings. The highest BCUT2D eigenvalue weighted by molar-refractivity contribution is 6.31. The Morgan fingerprint density at radius 1 is 0.963 bits per heavy atom. The summed E-state index contributed by atoms with van der Waals surface area (Å²) >= 11 is 6.23. The van der Waals surface area contributed by atoms with Gasteiger partial charge >= 0.3 is 0 Å². The summed E-state index contributed by atoms with van der Waals surface area (Å²) in [4.78, 5) is 7.35. The number of hydrogen-bond acceptors (Lipinski definition) is 4. The van der Waals surface area contributed by atoms with Crippen molar-refractivity contribution in [3.8, 4) is 11.4 Å². The second-order valence-corrected chi connectivity index (χ2v) is 7.55. The number of rotatable bonds is 2. The highest BCUT2D eigenvalue weighted by Crippen LogP contribution is 2.31. The number of hydrogen-bond donors (Lipinski definition) is 0. The lowest BCUT2D eigenvalue weighted by molar-refractivity contribution is 0.567. The van der Waals surface area contributed by atoms with E-state index >= 15 is 0 Å². The Morgan fingerprint density at radius 3 is 2.59 bits per heavy atom. The van der Waals surface area contributed by atoms with Crippen LogP contribution in [0.25, 0.3) is 27.9 Å². The number of nitrogens with zero attached hydrogens (tertiary/aromatic N) is 5. The molecule has 1 aliphatic heterocycles. The molecule has 0 saturated carbocycles. The number of aryl methyl sites for hydroxylation is 1. The van der Waals surface area contributed by atoms with E-state index in [1.165, 1.54) is 24.8 Å². The van der Waals surface area contributed by atoms with Crippen LogP contribution in [0.3, 0.4) is 0 Å². The summed E-state index contributed by atoms with van der Waals surface area (Å²) in [5, 5.41) is 10.8. The van der Waals surface area contributed by atoms with Crippen molar-refractivity contribution >= 4 is 34.1 Å². The average molecular weight is 378 g/mol. The lowest BCUT2D eigenvalue weighted by atomic mass is 10.1. The van der Waals surface area contributed by atoms with Crippen LogP contribution in [0.2, 0.25) is 5.02 Å². The molecule has 27 heavy (non-hydrogen) atoms. The van der Waals surface area contributed by atoms with Gasteiger partial charge in [0.1, 0.15) is 0 Å². The van der Waals surface area contributed by atoms with Crippen molar-refractivity contribution in [2.45, 2.75) is 26.2 Å². The van der Waals surface area contributed by atoms with Gasteiger partial charge < -0.3 is 4.90 Å². The largest absolute Gasteiger partial charge is 0.342 e. The lowest BCUT2D eigenvalue weighted by Crippen LogP contribution is -2.32. The zero-order chi connectivity index (χ0) is 18.4. The third-order valence-corrected chi connectivity index (χ3v) is 5.54. The van der Waals surface area contributed by atoms with E-state index in [9.17, 15) is 0 Å². The van der Waals surface area contributed by atoms with Crippen LogP contribution in [0.1, 0.15) is 24.8 Å². The molecular weight excluding hydrogens is 358 g/mol. The number of halogens is 1. The van der Waals surface area contributed by atoms with Crippen LogP contribution in [0.15, 0.2) is 42.5 Å². The predicted molar refractivity (Wildman–Crippen MR) is 110 cm³/mol. The smallest absolute Gasteiger partial charge is 0.213 e. The molecule has 0 aliphatic carbocycles. The first-order valence-electron chi connectivity index (χ1n) is 9.38. The number of fused-ring (bicyclic) bond motifs is 3. The average Bonchev–Trinajstić information content (AvgIpc) is 3.13.